The number of hydrogen-bond donors (Lipinski definition) is 1. The topological polar surface area (TPSA) is 40.5 Å². The third-order valence-corrected chi connectivity index (χ3v) is 4.02. The van der Waals surface area contributed by atoms with E-state index < -0.39 is 5.60 Å². The summed E-state index contributed by atoms with van der Waals surface area (Å²) >= 11 is 7.08. The van der Waals surface area contributed by atoms with E-state index in [1.165, 1.54) is 11.3 Å². The number of carbonyl (C=O) groups is 1. The van der Waals surface area contributed by atoms with Crippen molar-refractivity contribution < 1.29 is 9.90 Å². The molecule has 1 aromatic rings. The monoisotopic (exact) mass is 259 g/mol. The van der Waals surface area contributed by atoms with Gasteiger partial charge in [0, 0.05) is 13.1 Å². The third kappa shape index (κ3) is 2.83. The fraction of sp³-hybridized carbons (Fsp3) is 0.545. The van der Waals surface area contributed by atoms with E-state index in [1.54, 1.807) is 19.1 Å². The van der Waals surface area contributed by atoms with Gasteiger partial charge in [-0.1, -0.05) is 11.6 Å². The molecule has 0 amide bonds. The Labute approximate surface area is 104 Å². The quantitative estimate of drug-likeness (QED) is 0.845. The van der Waals surface area contributed by atoms with Crippen LogP contribution in [0, 0.1) is 0 Å². The Morgan fingerprint density at radius 3 is 2.94 bits per heavy atom. The number of ketones is 1. The predicted molar refractivity (Wildman–Crippen MR) is 65.3 cm³/mol. The number of hydrogen-bond acceptors (Lipinski definition) is 4. The highest BCUT2D eigenvalue weighted by atomic mass is 35.5. The van der Waals surface area contributed by atoms with Gasteiger partial charge in [-0.25, -0.2) is 0 Å². The number of β-amino-alcohol motifs (C(OH)–C–C–N with tert-alkyl or cyclic N) is 1. The van der Waals surface area contributed by atoms with Crippen molar-refractivity contribution >= 4 is 28.7 Å². The second-order valence-corrected chi connectivity index (χ2v) is 6.20. The second kappa shape index (κ2) is 4.45. The molecule has 3 nitrogen and oxygen atoms in total. The number of nitrogens with zero attached hydrogens (tertiary/aromatic N) is 1. The Morgan fingerprint density at radius 2 is 2.44 bits per heavy atom. The second-order valence-electron chi connectivity index (χ2n) is 4.48. The molecule has 1 fully saturated rings. The summed E-state index contributed by atoms with van der Waals surface area (Å²) in [4.78, 5) is 14.5. The van der Waals surface area contributed by atoms with Crippen LogP contribution in [0.25, 0.3) is 0 Å². The molecule has 1 atom stereocenters. The molecule has 2 rings (SSSR count). The van der Waals surface area contributed by atoms with E-state index in [0.29, 0.717) is 22.3 Å². The molecule has 1 unspecified atom stereocenters. The van der Waals surface area contributed by atoms with Gasteiger partial charge in [-0.3, -0.25) is 9.69 Å². The number of carbonyl (C=O) groups excluding carboxylic acids is 1. The van der Waals surface area contributed by atoms with Crippen LogP contribution in [0.15, 0.2) is 12.1 Å². The molecule has 0 saturated carbocycles. The average molecular weight is 260 g/mol. The Hall–Kier alpha value is -0.420. The van der Waals surface area contributed by atoms with Gasteiger partial charge in [0.15, 0.2) is 5.78 Å². The fourth-order valence-electron chi connectivity index (χ4n) is 1.92. The van der Waals surface area contributed by atoms with E-state index in [9.17, 15) is 9.90 Å². The first kappa shape index (κ1) is 12.0. The van der Waals surface area contributed by atoms with E-state index in [0.717, 1.165) is 13.0 Å². The Balaban J connectivity index is 1.94. The molecule has 0 radical (unpaired) electrons. The third-order valence-electron chi connectivity index (χ3n) is 2.75. The summed E-state index contributed by atoms with van der Waals surface area (Å²) in [5.41, 5.74) is -0.645. The normalized spacial score (nSPS) is 26.2. The van der Waals surface area contributed by atoms with Crippen molar-refractivity contribution in [2.75, 3.05) is 19.6 Å². The number of likely N-dealkylation sites (tertiary alicyclic amines) is 1. The zero-order chi connectivity index (χ0) is 11.8. The first-order chi connectivity index (χ1) is 7.46. The van der Waals surface area contributed by atoms with E-state index >= 15 is 0 Å². The van der Waals surface area contributed by atoms with Crippen molar-refractivity contribution in [1.29, 1.82) is 0 Å². The van der Waals surface area contributed by atoms with Crippen molar-refractivity contribution in [3.05, 3.63) is 21.3 Å². The summed E-state index contributed by atoms with van der Waals surface area (Å²) in [6, 6.07) is 3.49. The van der Waals surface area contributed by atoms with Crippen LogP contribution in [0.5, 0.6) is 0 Å². The predicted octanol–water partition coefficient (Wildman–Crippen LogP) is 2.04. The molecule has 1 aliphatic rings. The van der Waals surface area contributed by atoms with E-state index in [1.807, 2.05) is 4.90 Å². The molecular formula is C11H14ClNO2S. The Kier molecular flexibility index (Phi) is 3.35. The maximum Gasteiger partial charge on any atom is 0.186 e. The molecule has 1 saturated heterocycles. The molecule has 0 aliphatic carbocycles. The lowest BCUT2D eigenvalue weighted by atomic mass is 10.1. The number of halogens is 1. The van der Waals surface area contributed by atoms with Crippen LogP contribution in [0.3, 0.4) is 0 Å². The van der Waals surface area contributed by atoms with Crippen LogP contribution >= 0.6 is 22.9 Å². The van der Waals surface area contributed by atoms with E-state index in [2.05, 4.69) is 0 Å². The van der Waals surface area contributed by atoms with Crippen LogP contribution < -0.4 is 0 Å². The highest BCUT2D eigenvalue weighted by molar-refractivity contribution is 7.18. The van der Waals surface area contributed by atoms with Gasteiger partial charge < -0.3 is 5.11 Å². The van der Waals surface area contributed by atoms with Gasteiger partial charge in [-0.15, -0.1) is 11.3 Å². The van der Waals surface area contributed by atoms with E-state index in [4.69, 9.17) is 11.6 Å². The van der Waals surface area contributed by atoms with Crippen molar-refractivity contribution in [2.45, 2.75) is 18.9 Å². The molecule has 5 heteroatoms. The number of aliphatic hydroxyl groups is 1. The zero-order valence-electron chi connectivity index (χ0n) is 9.07. The lowest BCUT2D eigenvalue weighted by molar-refractivity contribution is 0.0670. The van der Waals surface area contributed by atoms with Crippen LogP contribution in [-0.4, -0.2) is 41.0 Å². The number of Topliss-reactive ketones (excluding diaryl/α,β-unsaturated/α-hetero) is 1. The van der Waals surface area contributed by atoms with Crippen molar-refractivity contribution in [3.8, 4) is 0 Å². The molecule has 0 spiro atoms. The van der Waals surface area contributed by atoms with Gasteiger partial charge in [0.25, 0.3) is 0 Å². The van der Waals surface area contributed by atoms with Gasteiger partial charge in [-0.05, 0) is 25.5 Å². The lowest BCUT2D eigenvalue weighted by Crippen LogP contribution is -2.32. The summed E-state index contributed by atoms with van der Waals surface area (Å²) in [5.74, 6) is 0.0783. The fourth-order valence-corrected chi connectivity index (χ4v) is 2.89. The minimum absolute atomic E-state index is 0.0783. The van der Waals surface area contributed by atoms with Crippen LogP contribution in [0.4, 0.5) is 0 Å². The molecule has 88 valence electrons. The van der Waals surface area contributed by atoms with Crippen molar-refractivity contribution in [3.63, 3.8) is 0 Å². The van der Waals surface area contributed by atoms with Gasteiger partial charge >= 0.3 is 0 Å². The molecule has 0 bridgehead atoms. The molecule has 1 N–H and O–H groups in total. The van der Waals surface area contributed by atoms with Gasteiger partial charge in [0.05, 0.1) is 21.4 Å². The molecule has 2 heterocycles. The lowest BCUT2D eigenvalue weighted by Gasteiger charge is -2.17. The molecule has 1 aromatic heterocycles. The van der Waals surface area contributed by atoms with Gasteiger partial charge in [-0.2, -0.15) is 0 Å². The summed E-state index contributed by atoms with van der Waals surface area (Å²) in [5, 5.41) is 9.78. The smallest absolute Gasteiger partial charge is 0.186 e. The average Bonchev–Trinajstić information content (AvgIpc) is 2.73. The van der Waals surface area contributed by atoms with Crippen molar-refractivity contribution in [2.24, 2.45) is 0 Å². The first-order valence-corrected chi connectivity index (χ1v) is 6.39. The Morgan fingerprint density at radius 1 is 1.69 bits per heavy atom. The minimum atomic E-state index is -0.645. The maximum atomic E-state index is 11.9. The van der Waals surface area contributed by atoms with Gasteiger partial charge in [0.2, 0.25) is 0 Å². The summed E-state index contributed by atoms with van der Waals surface area (Å²) in [6.07, 6.45) is 0.728. The zero-order valence-corrected chi connectivity index (χ0v) is 10.6. The van der Waals surface area contributed by atoms with E-state index in [-0.39, 0.29) is 5.78 Å². The van der Waals surface area contributed by atoms with Crippen LogP contribution in [-0.2, 0) is 0 Å². The molecule has 0 aromatic carbocycles. The van der Waals surface area contributed by atoms with Crippen molar-refractivity contribution in [1.82, 2.24) is 4.90 Å². The largest absolute Gasteiger partial charge is 0.389 e. The standard InChI is InChI=1S/C11H14ClNO2S/c1-11(15)4-5-13(7-11)6-8(14)9-2-3-10(12)16-9/h2-3,15H,4-7H2,1H3. The summed E-state index contributed by atoms with van der Waals surface area (Å²) in [6.45, 7) is 3.52. The minimum Gasteiger partial charge on any atom is -0.389 e. The number of thiophene rings is 1. The molecule has 1 aliphatic heterocycles. The first-order valence-electron chi connectivity index (χ1n) is 5.19. The number of rotatable bonds is 3. The maximum absolute atomic E-state index is 11.9. The van der Waals surface area contributed by atoms with Crippen LogP contribution in [0.2, 0.25) is 4.34 Å². The molecular weight excluding hydrogens is 246 g/mol. The summed E-state index contributed by atoms with van der Waals surface area (Å²) in [7, 11) is 0. The molecule has 16 heavy (non-hydrogen) atoms. The SMILES string of the molecule is CC1(O)CCN(CC(=O)c2ccc(Cl)s2)C1. The van der Waals surface area contributed by atoms with Crippen LogP contribution in [0.1, 0.15) is 23.0 Å². The highest BCUT2D eigenvalue weighted by Gasteiger charge is 2.32. The summed E-state index contributed by atoms with van der Waals surface area (Å²) < 4.78 is 0.636. The Bertz CT molecular complexity index is 402. The van der Waals surface area contributed by atoms with Gasteiger partial charge in [0.1, 0.15) is 0 Å². The highest BCUT2D eigenvalue weighted by Crippen LogP contribution is 2.24.